The Kier molecular flexibility index (Phi) is 5.73. The summed E-state index contributed by atoms with van der Waals surface area (Å²) in [5.74, 6) is 1.58. The van der Waals surface area contributed by atoms with Crippen LogP contribution in [0.25, 0.3) is 6.08 Å². The van der Waals surface area contributed by atoms with Crippen molar-refractivity contribution in [1.82, 2.24) is 0 Å². The lowest BCUT2D eigenvalue weighted by atomic mass is 9.97. The summed E-state index contributed by atoms with van der Waals surface area (Å²) in [4.78, 5) is 24.9. The van der Waals surface area contributed by atoms with E-state index in [1.165, 1.54) is 27.4 Å². The highest BCUT2D eigenvalue weighted by molar-refractivity contribution is 6.14. The minimum Gasteiger partial charge on any atom is -0.496 e. The molecule has 0 saturated carbocycles. The van der Waals surface area contributed by atoms with Gasteiger partial charge >= 0.3 is 5.97 Å². The number of benzene rings is 2. The van der Waals surface area contributed by atoms with E-state index >= 15 is 0 Å². The van der Waals surface area contributed by atoms with Crippen LogP contribution >= 0.6 is 0 Å². The highest BCUT2D eigenvalue weighted by Crippen LogP contribution is 2.39. The maximum Gasteiger partial charge on any atom is 0.316 e. The highest BCUT2D eigenvalue weighted by atomic mass is 16.5. The second-order valence-electron chi connectivity index (χ2n) is 7.69. The van der Waals surface area contributed by atoms with Gasteiger partial charge in [0.25, 0.3) is 0 Å². The molecule has 0 radical (unpaired) electrons. The van der Waals surface area contributed by atoms with Crippen molar-refractivity contribution < 1.29 is 33.3 Å². The molecule has 0 bridgehead atoms. The SMILES string of the molecule is COc1cc(OC)c(OC)cc1/C=C1/Oc2cc(OC(=O)C(C)(C)C)ccc2C1=O. The van der Waals surface area contributed by atoms with E-state index in [2.05, 4.69) is 0 Å². The third-order valence-corrected chi connectivity index (χ3v) is 4.49. The van der Waals surface area contributed by atoms with Gasteiger partial charge in [-0.2, -0.15) is 0 Å². The van der Waals surface area contributed by atoms with Crippen molar-refractivity contribution in [3.8, 4) is 28.7 Å². The summed E-state index contributed by atoms with van der Waals surface area (Å²) in [6.45, 7) is 5.29. The van der Waals surface area contributed by atoms with Crippen molar-refractivity contribution >= 4 is 17.8 Å². The van der Waals surface area contributed by atoms with Crippen LogP contribution in [0.2, 0.25) is 0 Å². The highest BCUT2D eigenvalue weighted by Gasteiger charge is 2.30. The maximum atomic E-state index is 12.8. The zero-order chi connectivity index (χ0) is 22.1. The number of ether oxygens (including phenoxy) is 5. The van der Waals surface area contributed by atoms with Crippen molar-refractivity contribution in [3.63, 3.8) is 0 Å². The molecule has 0 saturated heterocycles. The van der Waals surface area contributed by atoms with Crippen LogP contribution in [-0.2, 0) is 4.79 Å². The summed E-state index contributed by atoms with van der Waals surface area (Å²) in [7, 11) is 4.57. The Bertz CT molecular complexity index is 1030. The van der Waals surface area contributed by atoms with Gasteiger partial charge in [0.15, 0.2) is 17.3 Å². The fraction of sp³-hybridized carbons (Fsp3) is 0.304. The summed E-state index contributed by atoms with van der Waals surface area (Å²) in [6.07, 6.45) is 1.57. The molecule has 0 spiro atoms. The van der Waals surface area contributed by atoms with Crippen molar-refractivity contribution in [3.05, 3.63) is 47.2 Å². The molecule has 2 aromatic carbocycles. The predicted octanol–water partition coefficient (Wildman–Crippen LogP) is 4.28. The molecule has 0 unspecified atom stereocenters. The second kappa shape index (κ2) is 8.10. The summed E-state index contributed by atoms with van der Waals surface area (Å²) in [6, 6.07) is 8.05. The van der Waals surface area contributed by atoms with E-state index < -0.39 is 5.41 Å². The van der Waals surface area contributed by atoms with E-state index in [1.807, 2.05) is 0 Å². The zero-order valence-corrected chi connectivity index (χ0v) is 17.8. The Morgan fingerprint density at radius 3 is 2.17 bits per heavy atom. The number of methoxy groups -OCH3 is 3. The summed E-state index contributed by atoms with van der Waals surface area (Å²) >= 11 is 0. The number of carbonyl (C=O) groups is 2. The van der Waals surface area contributed by atoms with Gasteiger partial charge in [-0.3, -0.25) is 9.59 Å². The van der Waals surface area contributed by atoms with Crippen LogP contribution in [0.5, 0.6) is 28.7 Å². The fourth-order valence-corrected chi connectivity index (χ4v) is 2.80. The van der Waals surface area contributed by atoms with Gasteiger partial charge in [-0.05, 0) is 45.0 Å². The van der Waals surface area contributed by atoms with Gasteiger partial charge in [0.05, 0.1) is 32.3 Å². The number of hydrogen-bond acceptors (Lipinski definition) is 7. The number of fused-ring (bicyclic) bond motifs is 1. The molecule has 3 rings (SSSR count). The number of rotatable bonds is 5. The Morgan fingerprint density at radius 2 is 1.57 bits per heavy atom. The van der Waals surface area contributed by atoms with Crippen molar-refractivity contribution in [2.75, 3.05) is 21.3 Å². The molecule has 1 aliphatic heterocycles. The Morgan fingerprint density at radius 1 is 0.933 bits per heavy atom. The van der Waals surface area contributed by atoms with E-state index in [0.29, 0.717) is 39.9 Å². The Labute approximate surface area is 175 Å². The van der Waals surface area contributed by atoms with Crippen molar-refractivity contribution in [2.45, 2.75) is 20.8 Å². The normalized spacial score (nSPS) is 14.2. The number of allylic oxidation sites excluding steroid dienone is 1. The first-order valence-electron chi connectivity index (χ1n) is 9.28. The van der Waals surface area contributed by atoms with Gasteiger partial charge in [-0.25, -0.2) is 0 Å². The molecule has 0 atom stereocenters. The fourth-order valence-electron chi connectivity index (χ4n) is 2.80. The molecule has 7 heteroatoms. The summed E-state index contributed by atoms with van der Waals surface area (Å²) < 4.78 is 27.1. The molecule has 158 valence electrons. The van der Waals surface area contributed by atoms with Gasteiger partial charge in [0, 0.05) is 17.7 Å². The standard InChI is InChI=1S/C23H24O7/c1-23(2,3)22(25)29-14-7-8-15-17(11-14)30-20(21(15)24)10-13-9-18(27-5)19(28-6)12-16(13)26-4/h7-12H,1-6H3/b20-10+. The number of ketones is 1. The van der Waals surface area contributed by atoms with Gasteiger partial charge in [0.2, 0.25) is 5.78 Å². The molecule has 0 amide bonds. The van der Waals surface area contributed by atoms with Crippen LogP contribution in [0.4, 0.5) is 0 Å². The first-order valence-corrected chi connectivity index (χ1v) is 9.28. The van der Waals surface area contributed by atoms with Crippen LogP contribution in [0, 0.1) is 5.41 Å². The molecule has 0 aliphatic carbocycles. The molecule has 0 aromatic heterocycles. The van der Waals surface area contributed by atoms with E-state index in [0.717, 1.165) is 0 Å². The lowest BCUT2D eigenvalue weighted by molar-refractivity contribution is -0.143. The molecule has 30 heavy (non-hydrogen) atoms. The molecule has 0 fully saturated rings. The van der Waals surface area contributed by atoms with Gasteiger partial charge < -0.3 is 23.7 Å². The van der Waals surface area contributed by atoms with E-state index in [4.69, 9.17) is 23.7 Å². The molecular formula is C23H24O7. The van der Waals surface area contributed by atoms with Crippen LogP contribution in [-0.4, -0.2) is 33.1 Å². The maximum absolute atomic E-state index is 12.8. The third-order valence-electron chi connectivity index (χ3n) is 4.49. The van der Waals surface area contributed by atoms with Crippen LogP contribution < -0.4 is 23.7 Å². The van der Waals surface area contributed by atoms with Gasteiger partial charge in [-0.15, -0.1) is 0 Å². The lowest BCUT2D eigenvalue weighted by Gasteiger charge is -2.16. The smallest absolute Gasteiger partial charge is 0.316 e. The molecule has 1 aliphatic rings. The largest absolute Gasteiger partial charge is 0.496 e. The zero-order valence-electron chi connectivity index (χ0n) is 17.8. The minimum absolute atomic E-state index is 0.120. The van der Waals surface area contributed by atoms with E-state index in [1.54, 1.807) is 51.1 Å². The quantitative estimate of drug-likeness (QED) is 0.412. The molecule has 2 aromatic rings. The molecule has 0 N–H and O–H groups in total. The average molecular weight is 412 g/mol. The lowest BCUT2D eigenvalue weighted by Crippen LogP contribution is -2.25. The topological polar surface area (TPSA) is 80.3 Å². The monoisotopic (exact) mass is 412 g/mol. The first-order chi connectivity index (χ1) is 14.2. The summed E-state index contributed by atoms with van der Waals surface area (Å²) in [5, 5.41) is 0. The second-order valence-corrected chi connectivity index (χ2v) is 7.69. The predicted molar refractivity (Wildman–Crippen MR) is 111 cm³/mol. The number of carbonyl (C=O) groups excluding carboxylic acids is 2. The average Bonchev–Trinajstić information content (AvgIpc) is 3.01. The number of esters is 1. The van der Waals surface area contributed by atoms with Gasteiger partial charge in [0.1, 0.15) is 17.2 Å². The Balaban J connectivity index is 1.93. The van der Waals surface area contributed by atoms with Crippen molar-refractivity contribution in [1.29, 1.82) is 0 Å². The first kappa shape index (κ1) is 21.2. The molecule has 1 heterocycles. The summed E-state index contributed by atoms with van der Waals surface area (Å²) in [5.41, 5.74) is 0.326. The van der Waals surface area contributed by atoms with Crippen LogP contribution in [0.15, 0.2) is 36.1 Å². The molecule has 7 nitrogen and oxygen atoms in total. The Hall–Kier alpha value is -3.48. The number of hydrogen-bond donors (Lipinski definition) is 0. The van der Waals surface area contributed by atoms with E-state index in [9.17, 15) is 9.59 Å². The van der Waals surface area contributed by atoms with Crippen molar-refractivity contribution in [2.24, 2.45) is 5.41 Å². The number of Topliss-reactive ketones (excluding diaryl/α,β-unsaturated/α-hetero) is 1. The minimum atomic E-state index is -0.648. The van der Waals surface area contributed by atoms with E-state index in [-0.39, 0.29) is 17.5 Å². The third kappa shape index (κ3) is 4.10. The van der Waals surface area contributed by atoms with Crippen LogP contribution in [0.3, 0.4) is 0 Å². The van der Waals surface area contributed by atoms with Crippen LogP contribution in [0.1, 0.15) is 36.7 Å². The van der Waals surface area contributed by atoms with Gasteiger partial charge in [-0.1, -0.05) is 0 Å². The molecular weight excluding hydrogens is 388 g/mol.